The van der Waals surface area contributed by atoms with E-state index in [0.29, 0.717) is 0 Å². The molecule has 0 amide bonds. The molecular formula is C14H20O4. The van der Waals surface area contributed by atoms with Gasteiger partial charge in [0.05, 0.1) is 0 Å². The summed E-state index contributed by atoms with van der Waals surface area (Å²) in [5.74, 6) is -1.08. The van der Waals surface area contributed by atoms with E-state index in [9.17, 15) is 9.59 Å². The first-order valence-electron chi connectivity index (χ1n) is 5.52. The molecule has 0 aliphatic heterocycles. The van der Waals surface area contributed by atoms with E-state index in [-0.39, 0.29) is 6.42 Å². The van der Waals surface area contributed by atoms with Crippen molar-refractivity contribution in [3.8, 4) is 0 Å². The fraction of sp³-hybridized carbons (Fsp3) is 0.429. The van der Waals surface area contributed by atoms with Crippen molar-refractivity contribution in [2.24, 2.45) is 0 Å². The van der Waals surface area contributed by atoms with Gasteiger partial charge in [-0.3, -0.25) is 0 Å². The van der Waals surface area contributed by atoms with Gasteiger partial charge in [-0.2, -0.15) is 0 Å². The van der Waals surface area contributed by atoms with E-state index in [0.717, 1.165) is 12.2 Å². The summed E-state index contributed by atoms with van der Waals surface area (Å²) >= 11 is 0. The molecule has 1 atom stereocenters. The molecule has 0 aromatic rings. The zero-order chi connectivity index (χ0) is 14.4. The van der Waals surface area contributed by atoms with Gasteiger partial charge in [-0.05, 0) is 26.8 Å². The van der Waals surface area contributed by atoms with Crippen LogP contribution in [-0.4, -0.2) is 23.1 Å². The molecule has 0 bridgehead atoms. The van der Waals surface area contributed by atoms with Crippen LogP contribution in [0.2, 0.25) is 0 Å². The molecule has 0 aromatic heterocycles. The standard InChI is InChI=1S/C14H20O4/c1-7-11(15)17-13(4,5)10-14(6,9-3)18-12(16)8-2/h7-9H,1-3,10H2,4-6H3. The topological polar surface area (TPSA) is 52.6 Å². The third-order valence-corrected chi connectivity index (χ3v) is 2.25. The number of hydrogen-bond acceptors (Lipinski definition) is 4. The Hall–Kier alpha value is -1.84. The van der Waals surface area contributed by atoms with Gasteiger partial charge in [-0.25, -0.2) is 9.59 Å². The molecule has 0 fully saturated rings. The maximum absolute atomic E-state index is 11.2. The molecule has 0 heterocycles. The quantitative estimate of drug-likeness (QED) is 0.397. The molecule has 0 rings (SSSR count). The predicted octanol–water partition coefficient (Wildman–Crippen LogP) is 2.56. The molecule has 0 aliphatic carbocycles. The van der Waals surface area contributed by atoms with Gasteiger partial charge in [0, 0.05) is 18.6 Å². The van der Waals surface area contributed by atoms with E-state index in [1.165, 1.54) is 6.08 Å². The molecule has 4 heteroatoms. The zero-order valence-electron chi connectivity index (χ0n) is 11.2. The molecule has 0 N–H and O–H groups in total. The second-order valence-corrected chi connectivity index (χ2v) is 4.70. The molecule has 1 unspecified atom stereocenters. The van der Waals surface area contributed by atoms with Crippen LogP contribution < -0.4 is 0 Å². The largest absolute Gasteiger partial charge is 0.456 e. The second-order valence-electron chi connectivity index (χ2n) is 4.70. The summed E-state index contributed by atoms with van der Waals surface area (Å²) < 4.78 is 10.4. The van der Waals surface area contributed by atoms with Crippen molar-refractivity contribution < 1.29 is 19.1 Å². The Morgan fingerprint density at radius 3 is 1.83 bits per heavy atom. The fourth-order valence-electron chi connectivity index (χ4n) is 1.62. The van der Waals surface area contributed by atoms with Gasteiger partial charge >= 0.3 is 11.9 Å². The van der Waals surface area contributed by atoms with Gasteiger partial charge in [-0.1, -0.05) is 19.7 Å². The maximum atomic E-state index is 11.2. The normalized spacial score (nSPS) is 13.9. The number of carbonyl (C=O) groups excluding carboxylic acids is 2. The Labute approximate surface area is 108 Å². The van der Waals surface area contributed by atoms with Crippen LogP contribution in [0.5, 0.6) is 0 Å². The molecule has 100 valence electrons. The van der Waals surface area contributed by atoms with E-state index in [2.05, 4.69) is 19.7 Å². The van der Waals surface area contributed by atoms with Crippen LogP contribution in [0.3, 0.4) is 0 Å². The first-order valence-corrected chi connectivity index (χ1v) is 5.52. The highest BCUT2D eigenvalue weighted by Crippen LogP contribution is 2.28. The molecule has 0 aliphatic rings. The Kier molecular flexibility index (Phi) is 5.56. The summed E-state index contributed by atoms with van der Waals surface area (Å²) in [5.41, 5.74) is -1.74. The van der Waals surface area contributed by atoms with Gasteiger partial charge in [-0.15, -0.1) is 0 Å². The molecule has 0 spiro atoms. The number of hydrogen-bond donors (Lipinski definition) is 0. The number of carbonyl (C=O) groups is 2. The van der Waals surface area contributed by atoms with Crippen LogP contribution in [0.15, 0.2) is 38.0 Å². The third kappa shape index (κ3) is 5.48. The lowest BCUT2D eigenvalue weighted by atomic mass is 9.90. The molecule has 0 aromatic carbocycles. The van der Waals surface area contributed by atoms with E-state index in [4.69, 9.17) is 9.47 Å². The minimum atomic E-state index is -0.934. The summed E-state index contributed by atoms with van der Waals surface area (Å²) in [6.45, 7) is 15.4. The number of esters is 2. The number of ether oxygens (including phenoxy) is 2. The zero-order valence-corrected chi connectivity index (χ0v) is 11.2. The van der Waals surface area contributed by atoms with Crippen LogP contribution in [0.1, 0.15) is 27.2 Å². The first-order chi connectivity index (χ1) is 8.18. The average molecular weight is 252 g/mol. The molecule has 0 saturated carbocycles. The predicted molar refractivity (Wildman–Crippen MR) is 69.9 cm³/mol. The van der Waals surface area contributed by atoms with Gasteiger partial charge in [0.25, 0.3) is 0 Å². The van der Waals surface area contributed by atoms with Crippen molar-refractivity contribution >= 4 is 11.9 Å². The summed E-state index contributed by atoms with van der Waals surface area (Å²) in [5, 5.41) is 0. The van der Waals surface area contributed by atoms with E-state index < -0.39 is 23.1 Å². The lowest BCUT2D eigenvalue weighted by Gasteiger charge is -2.34. The van der Waals surface area contributed by atoms with E-state index in [1.54, 1.807) is 20.8 Å². The van der Waals surface area contributed by atoms with E-state index >= 15 is 0 Å². The SMILES string of the molecule is C=CC(=O)OC(C)(C)CC(C)(C=C)OC(=O)C=C. The van der Waals surface area contributed by atoms with Gasteiger partial charge in [0.15, 0.2) is 0 Å². The Balaban J connectivity index is 4.83. The van der Waals surface area contributed by atoms with Crippen molar-refractivity contribution in [2.75, 3.05) is 0 Å². The van der Waals surface area contributed by atoms with Crippen molar-refractivity contribution in [3.05, 3.63) is 38.0 Å². The highest BCUT2D eigenvalue weighted by molar-refractivity contribution is 5.82. The Bertz CT molecular complexity index is 368. The fourth-order valence-corrected chi connectivity index (χ4v) is 1.62. The minimum Gasteiger partial charge on any atom is -0.456 e. The van der Waals surface area contributed by atoms with Crippen molar-refractivity contribution in [1.29, 1.82) is 0 Å². The average Bonchev–Trinajstić information content (AvgIpc) is 2.27. The second kappa shape index (κ2) is 6.19. The third-order valence-electron chi connectivity index (χ3n) is 2.25. The maximum Gasteiger partial charge on any atom is 0.331 e. The number of rotatable bonds is 7. The summed E-state index contributed by atoms with van der Waals surface area (Å²) in [6.07, 6.45) is 3.94. The lowest BCUT2D eigenvalue weighted by Crippen LogP contribution is -2.40. The smallest absolute Gasteiger partial charge is 0.331 e. The highest BCUT2D eigenvalue weighted by atomic mass is 16.6. The molecule has 18 heavy (non-hydrogen) atoms. The highest BCUT2D eigenvalue weighted by Gasteiger charge is 2.35. The van der Waals surface area contributed by atoms with Crippen molar-refractivity contribution in [1.82, 2.24) is 0 Å². The van der Waals surface area contributed by atoms with Gasteiger partial charge in [0.1, 0.15) is 11.2 Å². The minimum absolute atomic E-state index is 0.280. The summed E-state index contributed by atoms with van der Waals surface area (Å²) in [4.78, 5) is 22.4. The van der Waals surface area contributed by atoms with Crippen LogP contribution in [0, 0.1) is 0 Å². The van der Waals surface area contributed by atoms with E-state index in [1.807, 2.05) is 0 Å². The molecule has 0 radical (unpaired) electrons. The Morgan fingerprint density at radius 1 is 1.00 bits per heavy atom. The van der Waals surface area contributed by atoms with Crippen LogP contribution in [0.4, 0.5) is 0 Å². The molecule has 0 saturated heterocycles. The molecular weight excluding hydrogens is 232 g/mol. The van der Waals surface area contributed by atoms with Crippen LogP contribution in [0.25, 0.3) is 0 Å². The monoisotopic (exact) mass is 252 g/mol. The van der Waals surface area contributed by atoms with Crippen molar-refractivity contribution in [2.45, 2.75) is 38.4 Å². The lowest BCUT2D eigenvalue weighted by molar-refractivity contribution is -0.160. The van der Waals surface area contributed by atoms with Gasteiger partial charge in [0.2, 0.25) is 0 Å². The van der Waals surface area contributed by atoms with Crippen LogP contribution >= 0.6 is 0 Å². The van der Waals surface area contributed by atoms with Gasteiger partial charge < -0.3 is 9.47 Å². The summed E-state index contributed by atoms with van der Waals surface area (Å²) in [7, 11) is 0. The Morgan fingerprint density at radius 2 is 1.44 bits per heavy atom. The first kappa shape index (κ1) is 16.2. The van der Waals surface area contributed by atoms with Crippen LogP contribution in [-0.2, 0) is 19.1 Å². The summed E-state index contributed by atoms with van der Waals surface area (Å²) in [6, 6.07) is 0. The van der Waals surface area contributed by atoms with Crippen molar-refractivity contribution in [3.63, 3.8) is 0 Å². The molecule has 4 nitrogen and oxygen atoms in total.